The summed E-state index contributed by atoms with van der Waals surface area (Å²) < 4.78 is 3.04. The normalized spacial score (nSPS) is 15.7. The molecule has 5 aromatic rings. The number of hydrogen-bond donors (Lipinski definition) is 1. The van der Waals surface area contributed by atoms with Crippen molar-refractivity contribution in [2.24, 2.45) is 0 Å². The molecule has 2 aromatic carbocycles. The van der Waals surface area contributed by atoms with Crippen LogP contribution in [0.25, 0.3) is 20.4 Å². The van der Waals surface area contributed by atoms with Gasteiger partial charge in [-0.2, -0.15) is 0 Å². The standard InChI is InChI=1S/C27H26N4OS2/c32-27-25-20-13-12-19(28-16-24-30-21-10-4-5-11-22(21)33-24)15-23(20)34-26(25)29-17-31(27)14-6-9-18-7-2-1-3-8-18/h1-5,7-8,10-11,17,19,28H,6,9,12-16H2/t19-/m1/s1. The van der Waals surface area contributed by atoms with Crippen LogP contribution in [0.3, 0.4) is 0 Å². The van der Waals surface area contributed by atoms with E-state index in [0.29, 0.717) is 12.6 Å². The van der Waals surface area contributed by atoms with E-state index in [2.05, 4.69) is 52.8 Å². The Morgan fingerprint density at radius 3 is 2.79 bits per heavy atom. The van der Waals surface area contributed by atoms with Crippen LogP contribution in [0.2, 0.25) is 0 Å². The smallest absolute Gasteiger partial charge is 0.262 e. The maximum absolute atomic E-state index is 13.3. The van der Waals surface area contributed by atoms with Gasteiger partial charge in [0.2, 0.25) is 0 Å². The number of benzene rings is 2. The SMILES string of the molecule is O=c1c2c3c(sc2ncn1CCCc1ccccc1)C[C@H](NCc1nc2ccccc2s1)CC3. The van der Waals surface area contributed by atoms with Crippen LogP contribution in [-0.4, -0.2) is 20.6 Å². The van der Waals surface area contributed by atoms with E-state index in [-0.39, 0.29) is 5.56 Å². The molecule has 0 saturated heterocycles. The van der Waals surface area contributed by atoms with E-state index in [1.165, 1.54) is 20.7 Å². The average Bonchev–Trinajstić information content (AvgIpc) is 3.45. The Kier molecular flexibility index (Phi) is 5.99. The Bertz CT molecular complexity index is 1470. The second kappa shape index (κ2) is 9.41. The van der Waals surface area contributed by atoms with E-state index in [0.717, 1.165) is 59.4 Å². The van der Waals surface area contributed by atoms with Gasteiger partial charge in [-0.1, -0.05) is 42.5 Å². The van der Waals surface area contributed by atoms with E-state index >= 15 is 0 Å². The predicted molar refractivity (Wildman–Crippen MR) is 141 cm³/mol. The van der Waals surface area contributed by atoms with E-state index in [9.17, 15) is 4.79 Å². The third kappa shape index (κ3) is 4.31. The minimum atomic E-state index is 0.122. The molecule has 0 radical (unpaired) electrons. The summed E-state index contributed by atoms with van der Waals surface area (Å²) in [6, 6.07) is 19.1. The molecule has 1 aliphatic carbocycles. The molecule has 172 valence electrons. The minimum Gasteiger partial charge on any atom is -0.307 e. The summed E-state index contributed by atoms with van der Waals surface area (Å²) in [5.74, 6) is 0. The molecule has 1 aliphatic rings. The van der Waals surface area contributed by atoms with Crippen LogP contribution in [0.4, 0.5) is 0 Å². The van der Waals surface area contributed by atoms with Gasteiger partial charge in [0.15, 0.2) is 0 Å². The van der Waals surface area contributed by atoms with Crippen molar-refractivity contribution >= 4 is 43.1 Å². The Hall–Kier alpha value is -2.87. The van der Waals surface area contributed by atoms with Gasteiger partial charge in [0, 0.05) is 24.0 Å². The van der Waals surface area contributed by atoms with Crippen molar-refractivity contribution in [2.45, 2.75) is 51.2 Å². The average molecular weight is 487 g/mol. The number of thiophene rings is 1. The third-order valence-corrected chi connectivity index (χ3v) is 8.82. The Morgan fingerprint density at radius 1 is 1.06 bits per heavy atom. The molecule has 3 heterocycles. The lowest BCUT2D eigenvalue weighted by molar-refractivity contribution is 0.462. The van der Waals surface area contributed by atoms with Crippen molar-refractivity contribution < 1.29 is 0 Å². The number of rotatable bonds is 7. The van der Waals surface area contributed by atoms with Crippen LogP contribution in [0.15, 0.2) is 65.7 Å². The van der Waals surface area contributed by atoms with Crippen molar-refractivity contribution in [3.8, 4) is 0 Å². The summed E-state index contributed by atoms with van der Waals surface area (Å²) in [6.07, 6.45) is 6.55. The number of nitrogens with one attached hydrogen (secondary N) is 1. The highest BCUT2D eigenvalue weighted by Crippen LogP contribution is 2.34. The highest BCUT2D eigenvalue weighted by Gasteiger charge is 2.25. The minimum absolute atomic E-state index is 0.122. The molecule has 0 fully saturated rings. The molecule has 0 bridgehead atoms. The molecule has 1 N–H and O–H groups in total. The molecular formula is C27H26N4OS2. The third-order valence-electron chi connectivity index (χ3n) is 6.62. The van der Waals surface area contributed by atoms with Crippen LogP contribution >= 0.6 is 22.7 Å². The monoisotopic (exact) mass is 486 g/mol. The summed E-state index contributed by atoms with van der Waals surface area (Å²) in [4.78, 5) is 24.9. The zero-order valence-electron chi connectivity index (χ0n) is 18.9. The van der Waals surface area contributed by atoms with Gasteiger partial charge in [0.05, 0.1) is 21.9 Å². The van der Waals surface area contributed by atoms with Crippen LogP contribution < -0.4 is 10.9 Å². The number of aryl methyl sites for hydroxylation is 3. The summed E-state index contributed by atoms with van der Waals surface area (Å²) in [5.41, 5.74) is 3.73. The highest BCUT2D eigenvalue weighted by atomic mass is 32.1. The number of fused-ring (bicyclic) bond motifs is 4. The van der Waals surface area contributed by atoms with Gasteiger partial charge in [-0.25, -0.2) is 9.97 Å². The fourth-order valence-electron chi connectivity index (χ4n) is 4.86. The van der Waals surface area contributed by atoms with Crippen molar-refractivity contribution in [1.29, 1.82) is 0 Å². The summed E-state index contributed by atoms with van der Waals surface area (Å²) in [5, 5.41) is 5.69. The van der Waals surface area contributed by atoms with Gasteiger partial charge in [-0.3, -0.25) is 9.36 Å². The van der Waals surface area contributed by atoms with Crippen LogP contribution in [0.5, 0.6) is 0 Å². The topological polar surface area (TPSA) is 59.8 Å². The van der Waals surface area contributed by atoms with Crippen molar-refractivity contribution in [1.82, 2.24) is 19.9 Å². The maximum Gasteiger partial charge on any atom is 0.262 e. The first kappa shape index (κ1) is 21.6. The maximum atomic E-state index is 13.3. The van der Waals surface area contributed by atoms with Crippen molar-refractivity contribution in [2.75, 3.05) is 0 Å². The molecule has 0 unspecified atom stereocenters. The van der Waals surface area contributed by atoms with Crippen molar-refractivity contribution in [3.05, 3.63) is 92.3 Å². The first-order valence-corrected chi connectivity index (χ1v) is 13.5. The lowest BCUT2D eigenvalue weighted by Gasteiger charge is -2.23. The predicted octanol–water partition coefficient (Wildman–Crippen LogP) is 5.35. The summed E-state index contributed by atoms with van der Waals surface area (Å²) in [7, 11) is 0. The number of nitrogens with zero attached hydrogens (tertiary/aromatic N) is 3. The Morgan fingerprint density at radius 2 is 1.91 bits per heavy atom. The van der Waals surface area contributed by atoms with E-state index in [4.69, 9.17) is 4.98 Å². The van der Waals surface area contributed by atoms with E-state index < -0.39 is 0 Å². The molecule has 6 rings (SSSR count). The zero-order valence-corrected chi connectivity index (χ0v) is 20.5. The Balaban J connectivity index is 1.14. The van der Waals surface area contributed by atoms with Crippen LogP contribution in [-0.2, 0) is 32.4 Å². The van der Waals surface area contributed by atoms with Crippen LogP contribution in [0, 0.1) is 0 Å². The number of thiazole rings is 1. The second-order valence-corrected chi connectivity index (χ2v) is 11.1. The number of aromatic nitrogens is 3. The molecule has 0 aliphatic heterocycles. The molecule has 0 amide bonds. The first-order chi connectivity index (χ1) is 16.7. The molecule has 5 nitrogen and oxygen atoms in total. The quantitative estimate of drug-likeness (QED) is 0.337. The Labute approximate surface area is 206 Å². The molecule has 0 spiro atoms. The first-order valence-electron chi connectivity index (χ1n) is 11.9. The molecule has 3 aromatic heterocycles. The van der Waals surface area contributed by atoms with Gasteiger partial charge < -0.3 is 5.32 Å². The lowest BCUT2D eigenvalue weighted by Crippen LogP contribution is -2.33. The van der Waals surface area contributed by atoms with Crippen molar-refractivity contribution in [3.63, 3.8) is 0 Å². The van der Waals surface area contributed by atoms with Gasteiger partial charge in [0.1, 0.15) is 9.84 Å². The summed E-state index contributed by atoms with van der Waals surface area (Å²) >= 11 is 3.45. The van der Waals surface area contributed by atoms with Crippen LogP contribution in [0.1, 0.15) is 33.9 Å². The zero-order chi connectivity index (χ0) is 22.9. The van der Waals surface area contributed by atoms with Gasteiger partial charge in [-0.15, -0.1) is 22.7 Å². The summed E-state index contributed by atoms with van der Waals surface area (Å²) in [6.45, 7) is 1.49. The fraction of sp³-hybridized carbons (Fsp3) is 0.296. The van der Waals surface area contributed by atoms with Gasteiger partial charge >= 0.3 is 0 Å². The molecule has 7 heteroatoms. The number of para-hydroxylation sites is 1. The van der Waals surface area contributed by atoms with E-state index in [1.807, 2.05) is 12.1 Å². The molecule has 1 atom stereocenters. The number of hydrogen-bond acceptors (Lipinski definition) is 6. The molecule has 0 saturated carbocycles. The van der Waals surface area contributed by atoms with Gasteiger partial charge in [0.25, 0.3) is 5.56 Å². The van der Waals surface area contributed by atoms with E-state index in [1.54, 1.807) is 33.6 Å². The molecule has 34 heavy (non-hydrogen) atoms. The van der Waals surface area contributed by atoms with Gasteiger partial charge in [-0.05, 0) is 55.4 Å². The largest absolute Gasteiger partial charge is 0.307 e. The second-order valence-electron chi connectivity index (χ2n) is 8.91. The lowest BCUT2D eigenvalue weighted by atomic mass is 9.93. The molecular weight excluding hydrogens is 460 g/mol. The highest BCUT2D eigenvalue weighted by molar-refractivity contribution is 7.19. The fourth-order valence-corrected chi connectivity index (χ4v) is 7.04.